The second-order valence-corrected chi connectivity index (χ2v) is 6.92. The lowest BCUT2D eigenvalue weighted by Gasteiger charge is -2.13. The first-order valence-electron chi connectivity index (χ1n) is 7.46. The number of aliphatic carboxylic acids is 1. The van der Waals surface area contributed by atoms with Crippen LogP contribution in [0.15, 0.2) is 30.3 Å². The summed E-state index contributed by atoms with van der Waals surface area (Å²) in [4.78, 5) is 11.1. The Morgan fingerprint density at radius 2 is 2.04 bits per heavy atom. The molecular weight excluding hydrogens is 312 g/mol. The molecule has 2 atom stereocenters. The van der Waals surface area contributed by atoms with Gasteiger partial charge >= 0.3 is 5.97 Å². The summed E-state index contributed by atoms with van der Waals surface area (Å²) in [6.45, 7) is 4.63. The van der Waals surface area contributed by atoms with Gasteiger partial charge in [0.05, 0.1) is 12.5 Å². The van der Waals surface area contributed by atoms with E-state index in [1.807, 2.05) is 24.3 Å². The molecule has 0 unspecified atom stereocenters. The molecule has 23 heavy (non-hydrogen) atoms. The van der Waals surface area contributed by atoms with E-state index >= 15 is 0 Å². The van der Waals surface area contributed by atoms with Crippen LogP contribution in [0.3, 0.4) is 0 Å². The maximum atomic E-state index is 11.1. The summed E-state index contributed by atoms with van der Waals surface area (Å²) < 4.78 is 7.39. The molecule has 1 aromatic carbocycles. The van der Waals surface area contributed by atoms with E-state index in [-0.39, 0.29) is 10.6 Å². The topological polar surface area (TPSA) is 63.5 Å². The van der Waals surface area contributed by atoms with E-state index in [0.717, 1.165) is 28.4 Å². The van der Waals surface area contributed by atoms with Crippen molar-refractivity contribution in [1.29, 1.82) is 0 Å². The zero-order chi connectivity index (χ0) is 16.6. The minimum absolute atomic E-state index is 0.0225. The summed E-state index contributed by atoms with van der Waals surface area (Å²) >= 11 is 1.47. The lowest BCUT2D eigenvalue weighted by atomic mass is 10.2. The predicted octanol–water partition coefficient (Wildman–Crippen LogP) is 2.89. The van der Waals surface area contributed by atoms with Crippen molar-refractivity contribution < 1.29 is 14.6 Å². The van der Waals surface area contributed by atoms with Gasteiger partial charge in [-0.15, -0.1) is 11.8 Å². The third-order valence-corrected chi connectivity index (χ3v) is 5.54. The largest absolute Gasteiger partial charge is 0.497 e. The van der Waals surface area contributed by atoms with Crippen molar-refractivity contribution in [3.8, 4) is 11.4 Å². The summed E-state index contributed by atoms with van der Waals surface area (Å²) in [7, 11) is 1.65. The SMILES string of the molecule is COc1ccc(-n2c(C)cc([C@@H]3NC[C@@H](C(=O)O)S3)c2C)cc1. The van der Waals surface area contributed by atoms with Crippen LogP contribution in [0.1, 0.15) is 22.3 Å². The van der Waals surface area contributed by atoms with Crippen LogP contribution >= 0.6 is 11.8 Å². The Morgan fingerprint density at radius 1 is 1.35 bits per heavy atom. The number of carboxylic acid groups (broad SMARTS) is 1. The highest BCUT2D eigenvalue weighted by molar-refractivity contribution is 8.01. The van der Waals surface area contributed by atoms with Crippen molar-refractivity contribution >= 4 is 17.7 Å². The molecule has 1 saturated heterocycles. The molecule has 1 aliphatic rings. The first kappa shape index (κ1) is 16.0. The molecule has 6 heteroatoms. The number of thioether (sulfide) groups is 1. The standard InChI is InChI=1S/C17H20N2O3S/c1-10-8-14(16-18-9-15(23-16)17(20)21)11(2)19(10)12-4-6-13(22-3)7-5-12/h4-8,15-16,18H,9H2,1-3H3,(H,20,21)/t15-,16+/m0/s1. The number of hydrogen-bond donors (Lipinski definition) is 2. The van der Waals surface area contributed by atoms with E-state index in [1.165, 1.54) is 11.8 Å². The van der Waals surface area contributed by atoms with Gasteiger partial charge in [0.2, 0.25) is 0 Å². The number of nitrogens with one attached hydrogen (secondary N) is 1. The molecule has 122 valence electrons. The Bertz CT molecular complexity index is 724. The van der Waals surface area contributed by atoms with Gasteiger partial charge in [0.15, 0.2) is 0 Å². The number of hydrogen-bond acceptors (Lipinski definition) is 4. The third kappa shape index (κ3) is 2.96. The Balaban J connectivity index is 1.92. The molecule has 0 bridgehead atoms. The fourth-order valence-corrected chi connectivity index (χ4v) is 4.20. The van der Waals surface area contributed by atoms with Crippen molar-refractivity contribution in [3.05, 3.63) is 47.3 Å². The number of rotatable bonds is 4. The van der Waals surface area contributed by atoms with Gasteiger partial charge in [-0.05, 0) is 44.2 Å². The highest BCUT2D eigenvalue weighted by atomic mass is 32.2. The molecule has 0 aliphatic carbocycles. The maximum absolute atomic E-state index is 11.1. The highest BCUT2D eigenvalue weighted by Gasteiger charge is 2.32. The van der Waals surface area contributed by atoms with Gasteiger partial charge < -0.3 is 14.4 Å². The molecule has 0 saturated carbocycles. The number of nitrogens with zero attached hydrogens (tertiary/aromatic N) is 1. The summed E-state index contributed by atoms with van der Waals surface area (Å²) in [6.07, 6.45) is 0. The maximum Gasteiger partial charge on any atom is 0.318 e. The fraction of sp³-hybridized carbons (Fsp3) is 0.353. The quantitative estimate of drug-likeness (QED) is 0.901. The minimum atomic E-state index is -0.756. The average molecular weight is 332 g/mol. The number of carboxylic acids is 1. The first-order chi connectivity index (χ1) is 11.0. The third-order valence-electron chi connectivity index (χ3n) is 4.15. The summed E-state index contributed by atoms with van der Waals surface area (Å²) in [6, 6.07) is 10.1. The minimum Gasteiger partial charge on any atom is -0.497 e. The number of benzene rings is 1. The second-order valence-electron chi connectivity index (χ2n) is 5.61. The zero-order valence-electron chi connectivity index (χ0n) is 13.4. The molecule has 2 N–H and O–H groups in total. The molecule has 3 rings (SSSR count). The summed E-state index contributed by atoms with van der Waals surface area (Å²) in [5, 5.41) is 12.1. The molecule has 0 radical (unpaired) electrons. The van der Waals surface area contributed by atoms with Crippen molar-refractivity contribution in [1.82, 2.24) is 9.88 Å². The Kier molecular flexibility index (Phi) is 4.37. The van der Waals surface area contributed by atoms with Crippen molar-refractivity contribution in [2.45, 2.75) is 24.5 Å². The normalized spacial score (nSPS) is 20.7. The van der Waals surface area contributed by atoms with Crippen LogP contribution in [-0.2, 0) is 4.79 Å². The van der Waals surface area contributed by atoms with Crippen molar-refractivity contribution in [2.24, 2.45) is 0 Å². The summed E-state index contributed by atoms with van der Waals surface area (Å²) in [5.74, 6) is 0.0720. The van der Waals surface area contributed by atoms with Gasteiger partial charge in [-0.3, -0.25) is 10.1 Å². The van der Waals surface area contributed by atoms with Gasteiger partial charge in [0, 0.05) is 29.2 Å². The molecule has 0 amide bonds. The average Bonchev–Trinajstić information content (AvgIpc) is 3.13. The number of aryl methyl sites for hydroxylation is 1. The van der Waals surface area contributed by atoms with Crippen LogP contribution in [0.4, 0.5) is 0 Å². The first-order valence-corrected chi connectivity index (χ1v) is 8.40. The van der Waals surface area contributed by atoms with Crippen LogP contribution in [-0.4, -0.2) is 34.5 Å². The Hall–Kier alpha value is -1.92. The molecule has 1 fully saturated rings. The number of carbonyl (C=O) groups is 1. The van der Waals surface area contributed by atoms with Gasteiger partial charge in [-0.25, -0.2) is 0 Å². The smallest absolute Gasteiger partial charge is 0.318 e. The molecule has 2 aromatic rings. The predicted molar refractivity (Wildman–Crippen MR) is 91.6 cm³/mol. The molecule has 1 aromatic heterocycles. The van der Waals surface area contributed by atoms with E-state index in [4.69, 9.17) is 9.84 Å². The van der Waals surface area contributed by atoms with Gasteiger partial charge in [0.1, 0.15) is 11.0 Å². The number of aromatic nitrogens is 1. The lowest BCUT2D eigenvalue weighted by Crippen LogP contribution is -2.21. The number of ether oxygens (including phenoxy) is 1. The van der Waals surface area contributed by atoms with Gasteiger partial charge in [-0.2, -0.15) is 0 Å². The van der Waals surface area contributed by atoms with Gasteiger partial charge in [0.25, 0.3) is 0 Å². The van der Waals surface area contributed by atoms with Crippen LogP contribution in [0.5, 0.6) is 5.75 Å². The van der Waals surface area contributed by atoms with Crippen LogP contribution in [0.25, 0.3) is 5.69 Å². The zero-order valence-corrected chi connectivity index (χ0v) is 14.2. The Labute approximate surface area is 139 Å². The monoisotopic (exact) mass is 332 g/mol. The molecule has 5 nitrogen and oxygen atoms in total. The van der Waals surface area contributed by atoms with Crippen LogP contribution in [0, 0.1) is 13.8 Å². The van der Waals surface area contributed by atoms with Crippen LogP contribution in [0.2, 0.25) is 0 Å². The molecule has 0 spiro atoms. The molecule has 1 aliphatic heterocycles. The van der Waals surface area contributed by atoms with E-state index in [2.05, 4.69) is 29.8 Å². The highest BCUT2D eigenvalue weighted by Crippen LogP contribution is 2.38. The fourth-order valence-electron chi connectivity index (χ4n) is 2.98. The Morgan fingerprint density at radius 3 is 2.61 bits per heavy atom. The summed E-state index contributed by atoms with van der Waals surface area (Å²) in [5.41, 5.74) is 4.48. The van der Waals surface area contributed by atoms with E-state index in [0.29, 0.717) is 6.54 Å². The van der Waals surface area contributed by atoms with Crippen molar-refractivity contribution in [3.63, 3.8) is 0 Å². The number of methoxy groups -OCH3 is 1. The molecular formula is C17H20N2O3S. The molecule has 2 heterocycles. The van der Waals surface area contributed by atoms with E-state index in [1.54, 1.807) is 7.11 Å². The second kappa shape index (κ2) is 6.29. The van der Waals surface area contributed by atoms with E-state index in [9.17, 15) is 4.79 Å². The van der Waals surface area contributed by atoms with Crippen molar-refractivity contribution in [2.75, 3.05) is 13.7 Å². The van der Waals surface area contributed by atoms with Gasteiger partial charge in [-0.1, -0.05) is 0 Å². The lowest BCUT2D eigenvalue weighted by molar-refractivity contribution is -0.136. The van der Waals surface area contributed by atoms with E-state index < -0.39 is 5.97 Å². The van der Waals surface area contributed by atoms with Crippen LogP contribution < -0.4 is 10.1 Å².